The number of hydrogen-bond donors (Lipinski definition) is 1. The predicted molar refractivity (Wildman–Crippen MR) is 134 cm³/mol. The fourth-order valence-electron chi connectivity index (χ4n) is 2.52. The Hall–Kier alpha value is -2.20. The molecule has 0 aromatic rings. The Labute approximate surface area is 229 Å². The second kappa shape index (κ2) is 28.8. The first-order valence-electron chi connectivity index (χ1n) is 13.1. The summed E-state index contributed by atoms with van der Waals surface area (Å²) < 4.78 is 47.2. The van der Waals surface area contributed by atoms with E-state index >= 15 is 0 Å². The first-order valence-corrected chi connectivity index (χ1v) is 13.1. The third-order valence-corrected chi connectivity index (χ3v) is 4.46. The summed E-state index contributed by atoms with van der Waals surface area (Å²) in [5, 5.41) is 8.42. The minimum atomic E-state index is -1.56. The number of esters is 2. The van der Waals surface area contributed by atoms with Gasteiger partial charge < -0.3 is 47.7 Å². The number of carbonyl (C=O) groups is 4. The van der Waals surface area contributed by atoms with Gasteiger partial charge in [0.2, 0.25) is 5.78 Å². The highest BCUT2D eigenvalue weighted by atomic mass is 16.6. The van der Waals surface area contributed by atoms with E-state index in [9.17, 15) is 19.2 Å². The maximum absolute atomic E-state index is 11.3. The molecule has 0 aliphatic rings. The summed E-state index contributed by atoms with van der Waals surface area (Å²) in [6.07, 6.45) is 0.538. The van der Waals surface area contributed by atoms with Crippen LogP contribution in [0, 0.1) is 0 Å². The van der Waals surface area contributed by atoms with E-state index in [0.29, 0.717) is 92.3 Å². The molecule has 0 spiro atoms. The van der Waals surface area contributed by atoms with Crippen molar-refractivity contribution in [2.75, 3.05) is 106 Å². The zero-order chi connectivity index (χ0) is 28.8. The Kier molecular flexibility index (Phi) is 27.2. The standard InChI is InChI=1S/C25H44O14/c1-2-3-23(27)38-20-18-36-16-14-34-12-10-32-8-6-31-7-9-33-11-13-35-15-17-37-19-21-39-24(28)5-4-22(26)25(29)30/h2-21H2,1H3,(H,29,30). The number of carbonyl (C=O) groups excluding carboxylic acids is 3. The minimum absolute atomic E-state index is 0.0127. The number of Topliss-reactive ketones (excluding diaryl/α,β-unsaturated/α-hetero) is 1. The summed E-state index contributed by atoms with van der Waals surface area (Å²) in [4.78, 5) is 43.7. The number of hydrogen-bond acceptors (Lipinski definition) is 13. The zero-order valence-corrected chi connectivity index (χ0v) is 22.9. The van der Waals surface area contributed by atoms with Gasteiger partial charge >= 0.3 is 17.9 Å². The van der Waals surface area contributed by atoms with E-state index in [-0.39, 0.29) is 38.6 Å². The van der Waals surface area contributed by atoms with Gasteiger partial charge in [-0.3, -0.25) is 14.4 Å². The topological polar surface area (TPSA) is 172 Å². The molecule has 0 saturated carbocycles. The average molecular weight is 569 g/mol. The van der Waals surface area contributed by atoms with Crippen LogP contribution in [0.4, 0.5) is 0 Å². The molecular formula is C25H44O14. The maximum atomic E-state index is 11.3. The Morgan fingerprint density at radius 2 is 0.718 bits per heavy atom. The average Bonchev–Trinajstić information content (AvgIpc) is 2.91. The second-order valence-corrected chi connectivity index (χ2v) is 7.71. The van der Waals surface area contributed by atoms with Gasteiger partial charge in [0.25, 0.3) is 0 Å². The van der Waals surface area contributed by atoms with Crippen molar-refractivity contribution in [2.24, 2.45) is 0 Å². The van der Waals surface area contributed by atoms with Crippen molar-refractivity contribution in [3.63, 3.8) is 0 Å². The highest BCUT2D eigenvalue weighted by Gasteiger charge is 2.14. The van der Waals surface area contributed by atoms with Crippen LogP contribution >= 0.6 is 0 Å². The first-order chi connectivity index (χ1) is 19.0. The highest BCUT2D eigenvalue weighted by molar-refractivity contribution is 6.32. The lowest BCUT2D eigenvalue weighted by atomic mass is 10.2. The summed E-state index contributed by atoms with van der Waals surface area (Å²) in [5.74, 6) is -3.45. The van der Waals surface area contributed by atoms with E-state index in [0.717, 1.165) is 6.42 Å². The molecule has 14 nitrogen and oxygen atoms in total. The highest BCUT2D eigenvalue weighted by Crippen LogP contribution is 1.95. The third kappa shape index (κ3) is 28.6. The fourth-order valence-corrected chi connectivity index (χ4v) is 2.52. The van der Waals surface area contributed by atoms with Crippen molar-refractivity contribution in [3.8, 4) is 0 Å². The van der Waals surface area contributed by atoms with Gasteiger partial charge in [0.15, 0.2) is 0 Å². The maximum Gasteiger partial charge on any atom is 0.372 e. The van der Waals surface area contributed by atoms with Gasteiger partial charge in [0.05, 0.1) is 98.9 Å². The van der Waals surface area contributed by atoms with Crippen LogP contribution in [-0.2, 0) is 61.8 Å². The van der Waals surface area contributed by atoms with Crippen molar-refractivity contribution in [1.82, 2.24) is 0 Å². The molecule has 0 bridgehead atoms. The molecule has 0 saturated heterocycles. The Balaban J connectivity index is 3.16. The molecule has 0 rings (SSSR count). The van der Waals surface area contributed by atoms with Gasteiger partial charge in [0, 0.05) is 12.8 Å². The molecule has 0 atom stereocenters. The molecule has 0 aliphatic carbocycles. The summed E-state index contributed by atoms with van der Waals surface area (Å²) in [6, 6.07) is 0. The van der Waals surface area contributed by atoms with Gasteiger partial charge in [-0.15, -0.1) is 0 Å². The van der Waals surface area contributed by atoms with Crippen LogP contribution in [0.1, 0.15) is 32.6 Å². The van der Waals surface area contributed by atoms with E-state index < -0.39 is 17.7 Å². The van der Waals surface area contributed by atoms with Crippen LogP contribution in [0.2, 0.25) is 0 Å². The molecule has 14 heteroatoms. The molecule has 39 heavy (non-hydrogen) atoms. The Morgan fingerprint density at radius 1 is 0.436 bits per heavy atom. The van der Waals surface area contributed by atoms with E-state index in [2.05, 4.69) is 0 Å². The molecule has 0 fully saturated rings. The zero-order valence-electron chi connectivity index (χ0n) is 22.9. The molecule has 0 unspecified atom stereocenters. The minimum Gasteiger partial charge on any atom is -0.476 e. The molecule has 0 aromatic carbocycles. The largest absolute Gasteiger partial charge is 0.476 e. The summed E-state index contributed by atoms with van der Waals surface area (Å²) >= 11 is 0. The summed E-state index contributed by atoms with van der Waals surface area (Å²) in [7, 11) is 0. The number of ether oxygens (including phenoxy) is 9. The van der Waals surface area contributed by atoms with Crippen molar-refractivity contribution < 1.29 is 66.9 Å². The number of ketones is 1. The lowest BCUT2D eigenvalue weighted by Gasteiger charge is -2.09. The second-order valence-electron chi connectivity index (χ2n) is 7.71. The Bertz CT molecular complexity index is 628. The summed E-state index contributed by atoms with van der Waals surface area (Å²) in [5.41, 5.74) is 0. The van der Waals surface area contributed by atoms with E-state index in [1.807, 2.05) is 6.92 Å². The van der Waals surface area contributed by atoms with Crippen LogP contribution in [0.5, 0.6) is 0 Å². The molecule has 1 N–H and O–H groups in total. The number of carboxylic acid groups (broad SMARTS) is 1. The van der Waals surface area contributed by atoms with Crippen LogP contribution in [0.25, 0.3) is 0 Å². The van der Waals surface area contributed by atoms with Gasteiger partial charge in [-0.05, 0) is 6.42 Å². The monoisotopic (exact) mass is 568 g/mol. The molecule has 0 amide bonds. The van der Waals surface area contributed by atoms with Gasteiger partial charge in [0.1, 0.15) is 13.2 Å². The molecule has 0 heterocycles. The quantitative estimate of drug-likeness (QED) is 0.0718. The van der Waals surface area contributed by atoms with Crippen LogP contribution < -0.4 is 0 Å². The lowest BCUT2D eigenvalue weighted by molar-refractivity contribution is -0.151. The van der Waals surface area contributed by atoms with Gasteiger partial charge in [-0.1, -0.05) is 6.92 Å². The van der Waals surface area contributed by atoms with Crippen LogP contribution in [0.3, 0.4) is 0 Å². The molecule has 0 aliphatic heterocycles. The van der Waals surface area contributed by atoms with Gasteiger partial charge in [-0.25, -0.2) is 4.79 Å². The number of rotatable bonds is 30. The summed E-state index contributed by atoms with van der Waals surface area (Å²) in [6.45, 7) is 7.76. The van der Waals surface area contributed by atoms with Crippen LogP contribution in [-0.4, -0.2) is 135 Å². The van der Waals surface area contributed by atoms with Crippen LogP contribution in [0.15, 0.2) is 0 Å². The van der Waals surface area contributed by atoms with Gasteiger partial charge in [-0.2, -0.15) is 0 Å². The molecule has 0 aromatic heterocycles. The van der Waals surface area contributed by atoms with Crippen molar-refractivity contribution in [1.29, 1.82) is 0 Å². The number of aliphatic carboxylic acids is 1. The van der Waals surface area contributed by atoms with Crippen molar-refractivity contribution >= 4 is 23.7 Å². The molecule has 0 radical (unpaired) electrons. The molecular weight excluding hydrogens is 524 g/mol. The van der Waals surface area contributed by atoms with Crippen molar-refractivity contribution in [2.45, 2.75) is 32.6 Å². The van der Waals surface area contributed by atoms with Crippen molar-refractivity contribution in [3.05, 3.63) is 0 Å². The third-order valence-electron chi connectivity index (χ3n) is 4.46. The Morgan fingerprint density at radius 3 is 1.00 bits per heavy atom. The molecule has 228 valence electrons. The first kappa shape index (κ1) is 36.8. The smallest absolute Gasteiger partial charge is 0.372 e. The van der Waals surface area contributed by atoms with E-state index in [1.54, 1.807) is 0 Å². The normalized spacial score (nSPS) is 10.9. The predicted octanol–water partition coefficient (Wildman–Crippen LogP) is 0.423. The lowest BCUT2D eigenvalue weighted by Crippen LogP contribution is -2.17. The SMILES string of the molecule is CCCC(=O)OCCOCCOCCOCCOCCOCCOCCOCCOC(=O)CCC(=O)C(=O)O. The fraction of sp³-hybridized carbons (Fsp3) is 0.840. The van der Waals surface area contributed by atoms with E-state index in [1.165, 1.54) is 0 Å². The van der Waals surface area contributed by atoms with E-state index in [4.69, 9.17) is 47.7 Å². The number of carboxylic acids is 1.